The Morgan fingerprint density at radius 2 is 1.79 bits per heavy atom. The van der Waals surface area contributed by atoms with E-state index in [1.54, 1.807) is 30.3 Å². The molecule has 1 atom stereocenters. The summed E-state index contributed by atoms with van der Waals surface area (Å²) in [6.45, 7) is 0. The summed E-state index contributed by atoms with van der Waals surface area (Å²) in [6.07, 6.45) is 0. The van der Waals surface area contributed by atoms with Gasteiger partial charge < -0.3 is 15.2 Å². The first kappa shape index (κ1) is 22.1. The van der Waals surface area contributed by atoms with E-state index in [4.69, 9.17) is 38.4 Å². The number of carbonyl (C=O) groups is 1. The summed E-state index contributed by atoms with van der Waals surface area (Å²) >= 11 is 12.4. The maximum Gasteiger partial charge on any atom is 0.343 e. The minimum Gasteiger partial charge on any atom is -0.440 e. The number of hydrogen-bond acceptors (Lipinski definition) is 7. The van der Waals surface area contributed by atoms with Crippen molar-refractivity contribution in [3.05, 3.63) is 109 Å². The topological polar surface area (TPSA) is 128 Å². The fraction of sp³-hybridized carbons (Fsp3) is 0.0435. The predicted octanol–water partition coefficient (Wildman–Crippen LogP) is 5.34. The quantitative estimate of drug-likeness (QED) is 0.230. The number of nitro benzene ring substituents is 1. The number of rotatable bonds is 4. The van der Waals surface area contributed by atoms with Gasteiger partial charge in [0.05, 0.1) is 16.4 Å². The Labute approximate surface area is 197 Å². The average Bonchev–Trinajstić information content (AvgIpc) is 2.78. The van der Waals surface area contributed by atoms with Crippen LogP contribution in [-0.4, -0.2) is 10.9 Å². The van der Waals surface area contributed by atoms with Crippen molar-refractivity contribution in [2.75, 3.05) is 0 Å². The Hall–Kier alpha value is -4.06. The fourth-order valence-electron chi connectivity index (χ4n) is 3.44. The highest BCUT2D eigenvalue weighted by Crippen LogP contribution is 2.45. The van der Waals surface area contributed by atoms with Gasteiger partial charge in [0.2, 0.25) is 5.88 Å². The molecule has 10 heteroatoms. The van der Waals surface area contributed by atoms with Crippen LogP contribution in [0.5, 0.6) is 11.5 Å². The smallest absolute Gasteiger partial charge is 0.343 e. The van der Waals surface area contributed by atoms with Crippen LogP contribution in [0.15, 0.2) is 72.1 Å². The lowest BCUT2D eigenvalue weighted by Gasteiger charge is -2.27. The number of benzene rings is 3. The van der Waals surface area contributed by atoms with Crippen molar-refractivity contribution in [2.45, 2.75) is 5.92 Å². The number of carbonyl (C=O) groups excluding carboxylic acids is 1. The fourth-order valence-corrected chi connectivity index (χ4v) is 3.96. The van der Waals surface area contributed by atoms with Crippen LogP contribution >= 0.6 is 23.2 Å². The molecule has 0 saturated carbocycles. The molecule has 33 heavy (non-hydrogen) atoms. The standard InChI is InChI=1S/C23H13Cl2N3O5/c24-13-3-7-16(19(25)9-13)21-17-8-6-15(10-20(17)33-22(27)18(21)11-26)32-23(29)12-1-4-14(5-2-12)28(30)31/h1-10,21H,27H2. The number of nitriles is 1. The molecule has 0 aromatic heterocycles. The van der Waals surface area contributed by atoms with E-state index >= 15 is 0 Å². The summed E-state index contributed by atoms with van der Waals surface area (Å²) in [4.78, 5) is 22.7. The molecule has 1 unspecified atom stereocenters. The second-order valence-corrected chi connectivity index (χ2v) is 7.83. The molecule has 0 amide bonds. The largest absolute Gasteiger partial charge is 0.440 e. The van der Waals surface area contributed by atoms with Crippen molar-refractivity contribution in [3.8, 4) is 17.6 Å². The molecule has 4 rings (SSSR count). The number of nitrogens with zero attached hydrogens (tertiary/aromatic N) is 2. The number of hydrogen-bond donors (Lipinski definition) is 1. The van der Waals surface area contributed by atoms with Crippen molar-refractivity contribution in [1.82, 2.24) is 0 Å². The molecular formula is C23H13Cl2N3O5. The lowest BCUT2D eigenvalue weighted by molar-refractivity contribution is -0.384. The number of non-ortho nitro benzene ring substituents is 1. The predicted molar refractivity (Wildman–Crippen MR) is 120 cm³/mol. The van der Waals surface area contributed by atoms with E-state index < -0.39 is 16.8 Å². The van der Waals surface area contributed by atoms with E-state index in [0.717, 1.165) is 0 Å². The zero-order chi connectivity index (χ0) is 23.7. The van der Waals surface area contributed by atoms with Gasteiger partial charge in [-0.05, 0) is 35.9 Å². The van der Waals surface area contributed by atoms with Crippen molar-refractivity contribution >= 4 is 34.9 Å². The summed E-state index contributed by atoms with van der Waals surface area (Å²) in [7, 11) is 0. The molecule has 0 saturated heterocycles. The molecule has 8 nitrogen and oxygen atoms in total. The highest BCUT2D eigenvalue weighted by molar-refractivity contribution is 6.35. The maximum absolute atomic E-state index is 12.4. The zero-order valence-corrected chi connectivity index (χ0v) is 18.1. The van der Waals surface area contributed by atoms with Gasteiger partial charge in [0, 0.05) is 33.8 Å². The first-order valence-electron chi connectivity index (χ1n) is 9.41. The van der Waals surface area contributed by atoms with Crippen molar-refractivity contribution in [3.63, 3.8) is 0 Å². The second-order valence-electron chi connectivity index (χ2n) is 6.98. The van der Waals surface area contributed by atoms with Gasteiger partial charge in [-0.2, -0.15) is 5.26 Å². The third-order valence-corrected chi connectivity index (χ3v) is 5.55. The van der Waals surface area contributed by atoms with Crippen LogP contribution in [0.1, 0.15) is 27.4 Å². The number of fused-ring (bicyclic) bond motifs is 1. The van der Waals surface area contributed by atoms with Crippen molar-refractivity contribution in [2.24, 2.45) is 5.73 Å². The van der Waals surface area contributed by atoms with E-state index in [2.05, 4.69) is 6.07 Å². The monoisotopic (exact) mass is 481 g/mol. The molecule has 1 aliphatic rings. The Morgan fingerprint density at radius 3 is 2.42 bits per heavy atom. The van der Waals surface area contributed by atoms with Gasteiger partial charge >= 0.3 is 5.97 Å². The third-order valence-electron chi connectivity index (χ3n) is 4.99. The van der Waals surface area contributed by atoms with E-state index in [0.29, 0.717) is 21.2 Å². The number of nitro groups is 1. The molecule has 0 bridgehead atoms. The van der Waals surface area contributed by atoms with Gasteiger partial charge in [0.1, 0.15) is 23.1 Å². The highest BCUT2D eigenvalue weighted by atomic mass is 35.5. The Morgan fingerprint density at radius 1 is 1.09 bits per heavy atom. The summed E-state index contributed by atoms with van der Waals surface area (Å²) in [5.74, 6) is -0.968. The minimum absolute atomic E-state index is 0.0973. The van der Waals surface area contributed by atoms with Crippen LogP contribution in [0.3, 0.4) is 0 Å². The number of ether oxygens (including phenoxy) is 2. The Kier molecular flexibility index (Phi) is 5.92. The third kappa shape index (κ3) is 4.32. The highest BCUT2D eigenvalue weighted by Gasteiger charge is 2.32. The minimum atomic E-state index is -0.709. The summed E-state index contributed by atoms with van der Waals surface area (Å²) in [5, 5.41) is 21.2. The lowest BCUT2D eigenvalue weighted by atomic mass is 9.83. The van der Waals surface area contributed by atoms with Crippen LogP contribution in [-0.2, 0) is 0 Å². The van der Waals surface area contributed by atoms with E-state index in [1.807, 2.05) is 0 Å². The van der Waals surface area contributed by atoms with Crippen LogP contribution in [0.25, 0.3) is 0 Å². The van der Waals surface area contributed by atoms with Gasteiger partial charge in [-0.3, -0.25) is 10.1 Å². The SMILES string of the molecule is N#CC1=C(N)Oc2cc(OC(=O)c3ccc([N+](=O)[O-])cc3)ccc2C1c1ccc(Cl)cc1Cl. The number of esters is 1. The molecule has 0 fully saturated rings. The van der Waals surface area contributed by atoms with Crippen LogP contribution < -0.4 is 15.2 Å². The molecule has 164 valence electrons. The lowest BCUT2D eigenvalue weighted by Crippen LogP contribution is -2.21. The van der Waals surface area contributed by atoms with E-state index in [-0.39, 0.29) is 34.2 Å². The van der Waals surface area contributed by atoms with E-state index in [9.17, 15) is 20.2 Å². The number of nitrogens with two attached hydrogens (primary N) is 1. The first-order valence-corrected chi connectivity index (χ1v) is 10.2. The summed E-state index contributed by atoms with van der Waals surface area (Å²) in [6, 6.07) is 16.7. The average molecular weight is 482 g/mol. The molecular weight excluding hydrogens is 469 g/mol. The van der Waals surface area contributed by atoms with Gasteiger partial charge in [-0.25, -0.2) is 4.79 Å². The summed E-state index contributed by atoms with van der Waals surface area (Å²) in [5.41, 5.74) is 7.38. The van der Waals surface area contributed by atoms with Crippen LogP contribution in [0, 0.1) is 21.4 Å². The molecule has 1 aliphatic heterocycles. The zero-order valence-electron chi connectivity index (χ0n) is 16.6. The van der Waals surface area contributed by atoms with Gasteiger partial charge in [0.25, 0.3) is 5.69 Å². The molecule has 2 N–H and O–H groups in total. The van der Waals surface area contributed by atoms with Crippen LogP contribution in [0.4, 0.5) is 5.69 Å². The van der Waals surface area contributed by atoms with Gasteiger partial charge in [-0.1, -0.05) is 35.3 Å². The maximum atomic E-state index is 12.4. The summed E-state index contributed by atoms with van der Waals surface area (Å²) < 4.78 is 11.0. The normalized spacial score (nSPS) is 14.6. The number of allylic oxidation sites excluding steroid dienone is 1. The molecule has 0 spiro atoms. The Bertz CT molecular complexity index is 1360. The molecule has 1 heterocycles. The van der Waals surface area contributed by atoms with Crippen LogP contribution in [0.2, 0.25) is 10.0 Å². The molecule has 3 aromatic carbocycles. The number of halogens is 2. The van der Waals surface area contributed by atoms with E-state index in [1.165, 1.54) is 30.3 Å². The first-order chi connectivity index (χ1) is 15.8. The molecule has 0 radical (unpaired) electrons. The molecule has 0 aliphatic carbocycles. The van der Waals surface area contributed by atoms with Crippen molar-refractivity contribution in [1.29, 1.82) is 5.26 Å². The van der Waals surface area contributed by atoms with Gasteiger partial charge in [-0.15, -0.1) is 0 Å². The Balaban J connectivity index is 1.67. The molecule has 3 aromatic rings. The van der Waals surface area contributed by atoms with Crippen molar-refractivity contribution < 1.29 is 19.2 Å². The van der Waals surface area contributed by atoms with Gasteiger partial charge in [0.15, 0.2) is 0 Å². The second kappa shape index (κ2) is 8.82.